The second-order valence-electron chi connectivity index (χ2n) is 7.36. The minimum atomic E-state index is -0.435. The van der Waals surface area contributed by atoms with E-state index in [-0.39, 0.29) is 0 Å². The maximum Gasteiger partial charge on any atom is 0.161 e. The molecular weight excluding hydrogens is 366 g/mol. The predicted octanol–water partition coefficient (Wildman–Crippen LogP) is 2.94. The van der Waals surface area contributed by atoms with Crippen LogP contribution >= 0.6 is 0 Å². The Morgan fingerprint density at radius 1 is 1.10 bits per heavy atom. The number of aromatic nitrogens is 2. The van der Waals surface area contributed by atoms with Crippen molar-refractivity contribution in [1.82, 2.24) is 15.1 Å². The molecule has 1 atom stereocenters. The van der Waals surface area contributed by atoms with Crippen LogP contribution in [0.15, 0.2) is 54.7 Å². The van der Waals surface area contributed by atoms with Crippen LogP contribution < -0.4 is 14.8 Å². The number of benzene rings is 2. The summed E-state index contributed by atoms with van der Waals surface area (Å²) in [4.78, 5) is 0. The van der Waals surface area contributed by atoms with Crippen LogP contribution in [0, 0.1) is 0 Å². The van der Waals surface area contributed by atoms with Gasteiger partial charge < -0.3 is 19.9 Å². The van der Waals surface area contributed by atoms with Gasteiger partial charge in [-0.3, -0.25) is 4.68 Å². The summed E-state index contributed by atoms with van der Waals surface area (Å²) in [5.41, 5.74) is 4.12. The summed E-state index contributed by atoms with van der Waals surface area (Å²) in [6, 6.07) is 16.0. The Bertz CT molecular complexity index is 940. The van der Waals surface area contributed by atoms with Crippen molar-refractivity contribution < 1.29 is 14.6 Å². The number of aliphatic hydroxyl groups excluding tert-OH is 1. The fourth-order valence-corrected chi connectivity index (χ4v) is 3.55. The van der Waals surface area contributed by atoms with Crippen molar-refractivity contribution in [2.75, 3.05) is 19.8 Å². The number of rotatable bonds is 7. The van der Waals surface area contributed by atoms with Crippen LogP contribution in [-0.2, 0) is 20.0 Å². The standard InChI is InChI=1S/C23H27N3O3/c1-26-16-19(14-24-15-20(27)12-17-6-3-2-4-7-17)23(25-26)18-8-9-21-22(13-18)29-11-5-10-28-21/h2-4,6-9,13,16,20,24,27H,5,10-12,14-15H2,1H3. The number of ether oxygens (including phenoxy) is 2. The molecule has 29 heavy (non-hydrogen) atoms. The highest BCUT2D eigenvalue weighted by molar-refractivity contribution is 5.66. The van der Waals surface area contributed by atoms with Gasteiger partial charge in [-0.15, -0.1) is 0 Å². The number of nitrogens with zero attached hydrogens (tertiary/aromatic N) is 2. The third-order valence-electron chi connectivity index (χ3n) is 4.94. The van der Waals surface area contributed by atoms with Crippen molar-refractivity contribution in [1.29, 1.82) is 0 Å². The number of nitrogens with one attached hydrogen (secondary N) is 1. The lowest BCUT2D eigenvalue weighted by Gasteiger charge is -2.12. The van der Waals surface area contributed by atoms with E-state index >= 15 is 0 Å². The Kier molecular flexibility index (Phi) is 6.12. The molecule has 0 saturated heterocycles. The molecule has 6 heteroatoms. The van der Waals surface area contributed by atoms with Gasteiger partial charge in [0, 0.05) is 43.9 Å². The molecule has 1 aromatic heterocycles. The Labute approximate surface area is 171 Å². The topological polar surface area (TPSA) is 68.5 Å². The van der Waals surface area contributed by atoms with Gasteiger partial charge in [-0.1, -0.05) is 30.3 Å². The predicted molar refractivity (Wildman–Crippen MR) is 112 cm³/mol. The second kappa shape index (κ2) is 9.11. The third kappa shape index (κ3) is 4.96. The lowest BCUT2D eigenvalue weighted by Crippen LogP contribution is -2.28. The lowest BCUT2D eigenvalue weighted by atomic mass is 10.1. The monoisotopic (exact) mass is 393 g/mol. The summed E-state index contributed by atoms with van der Waals surface area (Å²) in [6.07, 6.45) is 3.09. The van der Waals surface area contributed by atoms with E-state index in [4.69, 9.17) is 9.47 Å². The molecule has 0 amide bonds. The molecule has 1 unspecified atom stereocenters. The van der Waals surface area contributed by atoms with Crippen molar-refractivity contribution in [2.45, 2.75) is 25.5 Å². The minimum absolute atomic E-state index is 0.435. The van der Waals surface area contributed by atoms with E-state index in [2.05, 4.69) is 10.4 Å². The molecule has 1 aliphatic rings. The first-order valence-corrected chi connectivity index (χ1v) is 10.0. The first-order valence-electron chi connectivity index (χ1n) is 10.0. The summed E-state index contributed by atoms with van der Waals surface area (Å²) >= 11 is 0. The average Bonchev–Trinajstić information content (AvgIpc) is 2.94. The van der Waals surface area contributed by atoms with E-state index in [1.807, 2.05) is 66.5 Å². The number of hydrogen-bond acceptors (Lipinski definition) is 5. The molecule has 1 aliphatic heterocycles. The number of fused-ring (bicyclic) bond motifs is 1. The van der Waals surface area contributed by atoms with Gasteiger partial charge >= 0.3 is 0 Å². The van der Waals surface area contributed by atoms with E-state index in [1.54, 1.807) is 0 Å². The smallest absolute Gasteiger partial charge is 0.161 e. The fourth-order valence-electron chi connectivity index (χ4n) is 3.55. The molecule has 0 radical (unpaired) electrons. The number of aryl methyl sites for hydroxylation is 1. The van der Waals surface area contributed by atoms with Crippen molar-refractivity contribution in [2.24, 2.45) is 7.05 Å². The van der Waals surface area contributed by atoms with Gasteiger partial charge in [0.25, 0.3) is 0 Å². The Hall–Kier alpha value is -2.83. The third-order valence-corrected chi connectivity index (χ3v) is 4.94. The van der Waals surface area contributed by atoms with Gasteiger partial charge in [-0.2, -0.15) is 5.10 Å². The van der Waals surface area contributed by atoms with Crippen molar-refractivity contribution in [3.63, 3.8) is 0 Å². The first kappa shape index (κ1) is 19.5. The molecule has 4 rings (SSSR count). The van der Waals surface area contributed by atoms with Gasteiger partial charge in [0.1, 0.15) is 0 Å². The van der Waals surface area contributed by atoms with Crippen LogP contribution in [0.2, 0.25) is 0 Å². The maximum absolute atomic E-state index is 10.3. The van der Waals surface area contributed by atoms with Gasteiger partial charge in [0.05, 0.1) is 25.0 Å². The van der Waals surface area contributed by atoms with Crippen LogP contribution in [0.3, 0.4) is 0 Å². The average molecular weight is 393 g/mol. The van der Waals surface area contributed by atoms with E-state index < -0.39 is 6.10 Å². The number of hydrogen-bond donors (Lipinski definition) is 2. The highest BCUT2D eigenvalue weighted by Crippen LogP contribution is 2.34. The zero-order valence-electron chi connectivity index (χ0n) is 16.7. The highest BCUT2D eigenvalue weighted by atomic mass is 16.5. The molecular formula is C23H27N3O3. The van der Waals surface area contributed by atoms with Gasteiger partial charge in [0.2, 0.25) is 0 Å². The zero-order valence-corrected chi connectivity index (χ0v) is 16.7. The highest BCUT2D eigenvalue weighted by Gasteiger charge is 2.16. The first-order chi connectivity index (χ1) is 14.2. The van der Waals surface area contributed by atoms with Crippen molar-refractivity contribution in [3.05, 3.63) is 65.9 Å². The summed E-state index contributed by atoms with van der Waals surface area (Å²) in [5.74, 6) is 1.55. The fraction of sp³-hybridized carbons (Fsp3) is 0.348. The van der Waals surface area contributed by atoms with E-state index in [0.29, 0.717) is 32.7 Å². The van der Waals surface area contributed by atoms with E-state index in [1.165, 1.54) is 0 Å². The Balaban J connectivity index is 1.41. The Morgan fingerprint density at radius 2 is 1.90 bits per heavy atom. The summed E-state index contributed by atoms with van der Waals surface area (Å²) in [7, 11) is 1.92. The molecule has 152 valence electrons. The van der Waals surface area contributed by atoms with E-state index in [9.17, 15) is 5.11 Å². The normalized spacial score (nSPS) is 14.4. The minimum Gasteiger partial charge on any atom is -0.490 e. The molecule has 0 bridgehead atoms. The molecule has 0 aliphatic carbocycles. The zero-order chi connectivity index (χ0) is 20.1. The summed E-state index contributed by atoms with van der Waals surface area (Å²) in [6.45, 7) is 2.48. The molecule has 0 fully saturated rings. The van der Waals surface area contributed by atoms with Crippen LogP contribution in [0.5, 0.6) is 11.5 Å². The molecule has 0 saturated carbocycles. The molecule has 2 aromatic carbocycles. The maximum atomic E-state index is 10.3. The van der Waals surface area contributed by atoms with Gasteiger partial charge in [0.15, 0.2) is 11.5 Å². The molecule has 6 nitrogen and oxygen atoms in total. The van der Waals surface area contributed by atoms with Crippen LogP contribution in [0.25, 0.3) is 11.3 Å². The second-order valence-corrected chi connectivity index (χ2v) is 7.36. The number of aliphatic hydroxyl groups is 1. The van der Waals surface area contributed by atoms with Gasteiger partial charge in [-0.05, 0) is 30.2 Å². The SMILES string of the molecule is Cn1cc(CNCC(O)Cc2ccccc2)c(-c2ccc3c(c2)OCCCO3)n1. The quantitative estimate of drug-likeness (QED) is 0.646. The molecule has 3 aromatic rings. The summed E-state index contributed by atoms with van der Waals surface area (Å²) in [5, 5.41) is 18.3. The van der Waals surface area contributed by atoms with Crippen LogP contribution in [0.4, 0.5) is 0 Å². The Morgan fingerprint density at radius 3 is 2.72 bits per heavy atom. The van der Waals surface area contributed by atoms with Crippen molar-refractivity contribution >= 4 is 0 Å². The van der Waals surface area contributed by atoms with Crippen LogP contribution in [-0.4, -0.2) is 40.7 Å². The molecule has 2 heterocycles. The van der Waals surface area contributed by atoms with E-state index in [0.717, 1.165) is 40.3 Å². The van der Waals surface area contributed by atoms with Crippen molar-refractivity contribution in [3.8, 4) is 22.8 Å². The van der Waals surface area contributed by atoms with Crippen LogP contribution in [0.1, 0.15) is 17.5 Å². The largest absolute Gasteiger partial charge is 0.490 e. The summed E-state index contributed by atoms with van der Waals surface area (Å²) < 4.78 is 13.4. The molecule has 0 spiro atoms. The lowest BCUT2D eigenvalue weighted by molar-refractivity contribution is 0.171. The van der Waals surface area contributed by atoms with Gasteiger partial charge in [-0.25, -0.2) is 0 Å². The molecule has 2 N–H and O–H groups in total.